The van der Waals surface area contributed by atoms with Crippen molar-refractivity contribution in [3.63, 3.8) is 0 Å². The zero-order chi connectivity index (χ0) is 20.7. The van der Waals surface area contributed by atoms with Crippen LogP contribution in [-0.4, -0.2) is 22.2 Å². The molecule has 1 aliphatic rings. The highest BCUT2D eigenvalue weighted by atomic mass is 32.1. The van der Waals surface area contributed by atoms with Crippen LogP contribution in [0.5, 0.6) is 0 Å². The number of thiophene rings is 1. The summed E-state index contributed by atoms with van der Waals surface area (Å²) in [6, 6.07) is 18.1. The predicted octanol–water partition coefficient (Wildman–Crippen LogP) is 4.81. The summed E-state index contributed by atoms with van der Waals surface area (Å²) >= 11 is 1.31. The number of hydrogen-bond acceptors (Lipinski definition) is 5. The van der Waals surface area contributed by atoms with Crippen molar-refractivity contribution in [3.8, 4) is 0 Å². The number of fused-ring (bicyclic) bond motifs is 2. The molecule has 150 valence electrons. The first kappa shape index (κ1) is 18.9. The molecule has 0 saturated heterocycles. The van der Waals surface area contributed by atoms with Gasteiger partial charge in [0.1, 0.15) is 15.5 Å². The molecule has 0 saturated carbocycles. The van der Waals surface area contributed by atoms with Crippen molar-refractivity contribution in [1.82, 2.24) is 9.88 Å². The highest BCUT2D eigenvalue weighted by Gasteiger charge is 2.23. The Morgan fingerprint density at radius 1 is 1.13 bits per heavy atom. The number of carbonyl (C=O) groups excluding carboxylic acids is 1. The van der Waals surface area contributed by atoms with Crippen molar-refractivity contribution in [2.45, 2.75) is 19.5 Å². The smallest absolute Gasteiger partial charge is 0.205 e. The Morgan fingerprint density at radius 3 is 2.67 bits per heavy atom. The number of carbonyl (C=O) groups is 1. The average molecular weight is 418 g/mol. The van der Waals surface area contributed by atoms with E-state index in [2.05, 4.69) is 35.2 Å². The Balaban J connectivity index is 1.45. The van der Waals surface area contributed by atoms with E-state index < -0.39 is 0 Å². The number of nitrogens with zero attached hydrogens (tertiary/aromatic N) is 2. The fourth-order valence-electron chi connectivity index (χ4n) is 3.93. The van der Waals surface area contributed by atoms with Crippen LogP contribution in [0.2, 0.25) is 0 Å². The van der Waals surface area contributed by atoms with Crippen molar-refractivity contribution < 1.29 is 9.18 Å². The third kappa shape index (κ3) is 3.49. The maximum Gasteiger partial charge on any atom is 0.205 e. The van der Waals surface area contributed by atoms with E-state index >= 15 is 0 Å². The van der Waals surface area contributed by atoms with Crippen LogP contribution in [0.15, 0.2) is 60.7 Å². The van der Waals surface area contributed by atoms with Gasteiger partial charge in [-0.25, -0.2) is 9.37 Å². The molecule has 2 aromatic heterocycles. The molecule has 0 radical (unpaired) electrons. The van der Waals surface area contributed by atoms with Crippen LogP contribution < -0.4 is 5.73 Å². The molecule has 0 fully saturated rings. The van der Waals surface area contributed by atoms with Crippen molar-refractivity contribution in [2.75, 3.05) is 12.3 Å². The van der Waals surface area contributed by atoms with Crippen molar-refractivity contribution >= 4 is 33.0 Å². The van der Waals surface area contributed by atoms with Crippen molar-refractivity contribution in [3.05, 3.63) is 93.7 Å². The van der Waals surface area contributed by atoms with Gasteiger partial charge in [0, 0.05) is 42.7 Å². The molecule has 0 unspecified atom stereocenters. The van der Waals surface area contributed by atoms with Gasteiger partial charge in [0.05, 0.1) is 5.69 Å². The number of hydrogen-bond donors (Lipinski definition) is 1. The fourth-order valence-corrected chi connectivity index (χ4v) is 4.99. The van der Waals surface area contributed by atoms with E-state index in [1.807, 2.05) is 6.07 Å². The predicted molar refractivity (Wildman–Crippen MR) is 118 cm³/mol. The molecule has 2 aromatic carbocycles. The third-order valence-electron chi connectivity index (χ3n) is 5.51. The maximum atomic E-state index is 13.2. The van der Waals surface area contributed by atoms with E-state index in [4.69, 9.17) is 10.7 Å². The van der Waals surface area contributed by atoms with E-state index in [0.29, 0.717) is 16.1 Å². The summed E-state index contributed by atoms with van der Waals surface area (Å²) in [6.45, 7) is 2.65. The minimum absolute atomic E-state index is 0.195. The zero-order valence-corrected chi connectivity index (χ0v) is 17.1. The number of ketones is 1. The Kier molecular flexibility index (Phi) is 4.81. The number of nitrogen functional groups attached to an aromatic ring is 1. The molecule has 4 nitrogen and oxygen atoms in total. The molecule has 30 heavy (non-hydrogen) atoms. The lowest BCUT2D eigenvalue weighted by atomic mass is 10.0. The first-order chi connectivity index (χ1) is 14.6. The number of benzene rings is 2. The van der Waals surface area contributed by atoms with Gasteiger partial charge in [-0.1, -0.05) is 30.3 Å². The summed E-state index contributed by atoms with van der Waals surface area (Å²) in [4.78, 5) is 21.4. The molecule has 0 amide bonds. The standard InChI is InChI=1S/C24H20FN3OS/c25-18-8-6-16(7-9-18)22(29)23-21(26)19-12-17-14-28(13-15-4-2-1-3-5-15)11-10-20(17)27-24(19)30-23/h1-9,12H,10-11,13-14,26H2. The largest absolute Gasteiger partial charge is 0.397 e. The van der Waals surface area contributed by atoms with Gasteiger partial charge in [0.2, 0.25) is 5.78 Å². The molecule has 5 rings (SSSR count). The highest BCUT2D eigenvalue weighted by molar-refractivity contribution is 7.21. The van der Waals surface area contributed by atoms with Gasteiger partial charge in [-0.15, -0.1) is 11.3 Å². The molecule has 0 spiro atoms. The number of pyridine rings is 1. The van der Waals surface area contributed by atoms with Gasteiger partial charge in [0.15, 0.2) is 0 Å². The molecule has 2 N–H and O–H groups in total. The van der Waals surface area contributed by atoms with Crippen LogP contribution >= 0.6 is 11.3 Å². The van der Waals surface area contributed by atoms with Gasteiger partial charge < -0.3 is 5.73 Å². The second-order valence-electron chi connectivity index (χ2n) is 7.57. The lowest BCUT2D eigenvalue weighted by Crippen LogP contribution is -2.30. The molecule has 3 heterocycles. The molecular formula is C24H20FN3OS. The lowest BCUT2D eigenvalue weighted by Gasteiger charge is -2.28. The van der Waals surface area contributed by atoms with Gasteiger partial charge in [-0.05, 0) is 41.5 Å². The number of aromatic nitrogens is 1. The van der Waals surface area contributed by atoms with Gasteiger partial charge >= 0.3 is 0 Å². The number of rotatable bonds is 4. The Morgan fingerprint density at radius 2 is 1.90 bits per heavy atom. The van der Waals surface area contributed by atoms with Crippen LogP contribution in [0, 0.1) is 5.82 Å². The normalized spacial score (nSPS) is 14.0. The van der Waals surface area contributed by atoms with Crippen molar-refractivity contribution in [1.29, 1.82) is 0 Å². The van der Waals surface area contributed by atoms with E-state index in [9.17, 15) is 9.18 Å². The van der Waals surface area contributed by atoms with Crippen LogP contribution in [0.4, 0.5) is 10.1 Å². The summed E-state index contributed by atoms with van der Waals surface area (Å²) in [7, 11) is 0. The molecule has 1 aliphatic heterocycles. The third-order valence-corrected chi connectivity index (χ3v) is 6.62. The van der Waals surface area contributed by atoms with Gasteiger partial charge in [-0.3, -0.25) is 9.69 Å². The topological polar surface area (TPSA) is 59.2 Å². The van der Waals surface area contributed by atoms with Crippen molar-refractivity contribution in [2.24, 2.45) is 0 Å². The molecule has 4 aromatic rings. The van der Waals surface area contributed by atoms with Gasteiger partial charge in [-0.2, -0.15) is 0 Å². The summed E-state index contributed by atoms with van der Waals surface area (Å²) in [5, 5.41) is 0.825. The average Bonchev–Trinajstić information content (AvgIpc) is 3.08. The first-order valence-electron chi connectivity index (χ1n) is 9.86. The zero-order valence-electron chi connectivity index (χ0n) is 16.3. The SMILES string of the molecule is Nc1c(C(=O)c2ccc(F)cc2)sc2nc3c(cc12)CN(Cc1ccccc1)CC3. The van der Waals surface area contributed by atoms with Crippen LogP contribution in [0.3, 0.4) is 0 Å². The Bertz CT molecular complexity index is 1240. The molecular weight excluding hydrogens is 397 g/mol. The quantitative estimate of drug-likeness (QED) is 0.484. The Labute approximate surface area is 177 Å². The van der Waals surface area contributed by atoms with Crippen LogP contribution in [0.1, 0.15) is 32.1 Å². The minimum atomic E-state index is -0.370. The maximum absolute atomic E-state index is 13.2. The monoisotopic (exact) mass is 417 g/mol. The summed E-state index contributed by atoms with van der Waals surface area (Å²) < 4.78 is 13.2. The summed E-state index contributed by atoms with van der Waals surface area (Å²) in [5.74, 6) is -0.565. The van der Waals surface area contributed by atoms with E-state index in [1.165, 1.54) is 41.2 Å². The number of halogens is 1. The van der Waals surface area contributed by atoms with E-state index in [1.54, 1.807) is 0 Å². The molecule has 6 heteroatoms. The number of anilines is 1. The van der Waals surface area contributed by atoms with E-state index in [-0.39, 0.29) is 11.6 Å². The highest BCUT2D eigenvalue weighted by Crippen LogP contribution is 2.36. The van der Waals surface area contributed by atoms with E-state index in [0.717, 1.165) is 47.5 Å². The lowest BCUT2D eigenvalue weighted by molar-refractivity contribution is 0.104. The second-order valence-corrected chi connectivity index (χ2v) is 8.57. The van der Waals surface area contributed by atoms with Crippen LogP contribution in [-0.2, 0) is 19.5 Å². The second kappa shape index (κ2) is 7.63. The summed E-state index contributed by atoms with van der Waals surface area (Å²) in [5.41, 5.74) is 10.8. The molecule has 0 bridgehead atoms. The Hall–Kier alpha value is -3.09. The first-order valence-corrected chi connectivity index (χ1v) is 10.7. The minimum Gasteiger partial charge on any atom is -0.397 e. The molecule has 0 atom stereocenters. The van der Waals surface area contributed by atoms with Crippen LogP contribution in [0.25, 0.3) is 10.2 Å². The van der Waals surface area contributed by atoms with Gasteiger partial charge in [0.25, 0.3) is 0 Å². The number of nitrogens with two attached hydrogens (primary N) is 1. The summed E-state index contributed by atoms with van der Waals surface area (Å²) in [6.07, 6.45) is 0.872. The fraction of sp³-hybridized carbons (Fsp3) is 0.167. The molecule has 0 aliphatic carbocycles.